The molecule has 0 saturated carbocycles. The molecule has 0 radical (unpaired) electrons. The highest BCUT2D eigenvalue weighted by Gasteiger charge is 2.11. The number of aromatic nitrogens is 1. The van der Waals surface area contributed by atoms with Gasteiger partial charge in [-0.2, -0.15) is 5.26 Å². The summed E-state index contributed by atoms with van der Waals surface area (Å²) in [5.41, 5.74) is 3.02. The van der Waals surface area contributed by atoms with Crippen LogP contribution in [0.3, 0.4) is 0 Å². The fraction of sp³-hybridized carbons (Fsp3) is 0.100. The van der Waals surface area contributed by atoms with Crippen molar-refractivity contribution in [2.45, 2.75) is 0 Å². The van der Waals surface area contributed by atoms with E-state index < -0.39 is 0 Å². The van der Waals surface area contributed by atoms with Gasteiger partial charge in [-0.1, -0.05) is 22.0 Å². The molecule has 0 aliphatic heterocycles. The summed E-state index contributed by atoms with van der Waals surface area (Å²) in [7, 11) is 3.19. The third kappa shape index (κ3) is 4.48. The topological polar surface area (TPSA) is 67.2 Å². The number of halogens is 1. The van der Waals surface area contributed by atoms with Crippen molar-refractivity contribution in [1.82, 2.24) is 4.98 Å². The van der Waals surface area contributed by atoms with Crippen LogP contribution in [-0.4, -0.2) is 19.2 Å². The van der Waals surface area contributed by atoms with E-state index in [1.807, 2.05) is 47.8 Å². The molecule has 1 N–H and O–H groups in total. The van der Waals surface area contributed by atoms with Crippen LogP contribution >= 0.6 is 27.3 Å². The molecule has 136 valence electrons. The normalized spacial score (nSPS) is 11.0. The van der Waals surface area contributed by atoms with E-state index >= 15 is 0 Å². The summed E-state index contributed by atoms with van der Waals surface area (Å²) in [4.78, 5) is 4.59. The molecule has 0 saturated heterocycles. The highest BCUT2D eigenvalue weighted by atomic mass is 79.9. The molecule has 27 heavy (non-hydrogen) atoms. The van der Waals surface area contributed by atoms with E-state index in [0.29, 0.717) is 22.1 Å². The first-order chi connectivity index (χ1) is 13.1. The van der Waals surface area contributed by atoms with Crippen LogP contribution in [-0.2, 0) is 0 Å². The largest absolute Gasteiger partial charge is 0.493 e. The molecule has 7 heteroatoms. The number of ether oxygens (including phenoxy) is 2. The van der Waals surface area contributed by atoms with E-state index in [2.05, 4.69) is 32.3 Å². The van der Waals surface area contributed by atoms with Crippen LogP contribution in [0, 0.1) is 11.3 Å². The van der Waals surface area contributed by atoms with E-state index in [4.69, 9.17) is 9.47 Å². The summed E-state index contributed by atoms with van der Waals surface area (Å²) in [5.74, 6) is 1.30. The van der Waals surface area contributed by atoms with Crippen molar-refractivity contribution < 1.29 is 9.47 Å². The number of hydrogen-bond donors (Lipinski definition) is 1. The highest BCUT2D eigenvalue weighted by molar-refractivity contribution is 9.10. The summed E-state index contributed by atoms with van der Waals surface area (Å²) in [6.45, 7) is 0. The third-order valence-electron chi connectivity index (χ3n) is 3.74. The minimum atomic E-state index is 0.465. The van der Waals surface area contributed by atoms with E-state index in [-0.39, 0.29) is 0 Å². The zero-order chi connectivity index (χ0) is 19.2. The third-order valence-corrected chi connectivity index (χ3v) is 5.11. The summed E-state index contributed by atoms with van der Waals surface area (Å²) in [6.07, 6.45) is 1.67. The van der Waals surface area contributed by atoms with Gasteiger partial charge in [0.25, 0.3) is 0 Å². The number of anilines is 1. The molecule has 1 heterocycles. The molecule has 3 rings (SSSR count). The smallest absolute Gasteiger partial charge is 0.161 e. The molecular weight excluding hydrogens is 426 g/mol. The highest BCUT2D eigenvalue weighted by Crippen LogP contribution is 2.33. The molecular formula is C20H16BrN3O2S. The number of nitrogens with zero attached hydrogens (tertiary/aromatic N) is 2. The first-order valence-electron chi connectivity index (χ1n) is 7.95. The number of allylic oxidation sites excluding steroid dienone is 1. The van der Waals surface area contributed by atoms with Crippen molar-refractivity contribution in [1.29, 1.82) is 5.26 Å². The van der Waals surface area contributed by atoms with E-state index in [1.54, 1.807) is 20.4 Å². The van der Waals surface area contributed by atoms with Crippen LogP contribution in [0.4, 0.5) is 5.69 Å². The Balaban J connectivity index is 1.85. The van der Waals surface area contributed by atoms with E-state index in [9.17, 15) is 5.26 Å². The van der Waals surface area contributed by atoms with Crippen molar-refractivity contribution in [2.24, 2.45) is 0 Å². The van der Waals surface area contributed by atoms with Gasteiger partial charge in [0.15, 0.2) is 11.5 Å². The fourth-order valence-corrected chi connectivity index (χ4v) is 3.60. The molecule has 2 aromatic carbocycles. The van der Waals surface area contributed by atoms with Gasteiger partial charge in [-0.05, 0) is 36.4 Å². The fourth-order valence-electron chi connectivity index (χ4n) is 2.40. The van der Waals surface area contributed by atoms with Crippen LogP contribution in [0.15, 0.2) is 58.5 Å². The van der Waals surface area contributed by atoms with E-state index in [0.717, 1.165) is 21.4 Å². The van der Waals surface area contributed by atoms with Crippen molar-refractivity contribution in [3.05, 3.63) is 63.5 Å². The Labute approximate surface area is 170 Å². The summed E-state index contributed by atoms with van der Waals surface area (Å²) >= 11 is 4.84. The van der Waals surface area contributed by atoms with Crippen LogP contribution < -0.4 is 14.8 Å². The Morgan fingerprint density at radius 3 is 2.70 bits per heavy atom. The Morgan fingerprint density at radius 1 is 1.19 bits per heavy atom. The molecule has 5 nitrogen and oxygen atoms in total. The van der Waals surface area contributed by atoms with E-state index in [1.165, 1.54) is 11.3 Å². The molecule has 0 atom stereocenters. The monoisotopic (exact) mass is 441 g/mol. The van der Waals surface area contributed by atoms with Gasteiger partial charge in [-0.3, -0.25) is 0 Å². The lowest BCUT2D eigenvalue weighted by Crippen LogP contribution is -1.92. The molecule has 1 aromatic heterocycles. The lowest BCUT2D eigenvalue weighted by Gasteiger charge is -2.08. The molecule has 0 fully saturated rings. The van der Waals surface area contributed by atoms with Crippen LogP contribution in [0.5, 0.6) is 11.5 Å². The average molecular weight is 442 g/mol. The molecule has 0 amide bonds. The molecule has 3 aromatic rings. The Bertz CT molecular complexity index is 1020. The van der Waals surface area contributed by atoms with Crippen molar-refractivity contribution in [3.63, 3.8) is 0 Å². The lowest BCUT2D eigenvalue weighted by molar-refractivity contribution is 0.355. The Hall–Kier alpha value is -2.82. The van der Waals surface area contributed by atoms with Gasteiger partial charge in [0.2, 0.25) is 0 Å². The van der Waals surface area contributed by atoms with Crippen molar-refractivity contribution >= 4 is 38.5 Å². The first-order valence-corrected chi connectivity index (χ1v) is 9.62. The maximum Gasteiger partial charge on any atom is 0.161 e. The van der Waals surface area contributed by atoms with Crippen molar-refractivity contribution in [2.75, 3.05) is 19.5 Å². The molecule has 0 bridgehead atoms. The quantitative estimate of drug-likeness (QED) is 0.506. The first kappa shape index (κ1) is 19.0. The second-order valence-corrected chi connectivity index (χ2v) is 7.21. The standard InChI is InChI=1S/C20H16BrN3O2S/c1-25-18-7-6-13(8-19(18)26-2)17-12-27-20(24-17)14(10-22)11-23-16-5-3-4-15(21)9-16/h3-9,11-12,23H,1-2H3. The summed E-state index contributed by atoms with van der Waals surface area (Å²) in [6, 6.07) is 15.5. The Kier molecular flexibility index (Phi) is 6.12. The summed E-state index contributed by atoms with van der Waals surface area (Å²) in [5, 5.41) is 15.2. The van der Waals surface area contributed by atoms with Crippen LogP contribution in [0.25, 0.3) is 16.8 Å². The van der Waals surface area contributed by atoms with Crippen molar-refractivity contribution in [3.8, 4) is 28.8 Å². The SMILES string of the molecule is COc1ccc(-c2csc(C(C#N)=CNc3cccc(Br)c3)n2)cc1OC. The lowest BCUT2D eigenvalue weighted by atomic mass is 10.1. The minimum absolute atomic E-state index is 0.465. The van der Waals surface area contributed by atoms with Gasteiger partial charge in [-0.15, -0.1) is 11.3 Å². The number of rotatable bonds is 6. The zero-order valence-corrected chi connectivity index (χ0v) is 17.1. The zero-order valence-electron chi connectivity index (χ0n) is 14.7. The molecule has 0 spiro atoms. The van der Waals surface area contributed by atoms with Gasteiger partial charge in [0.1, 0.15) is 16.6 Å². The van der Waals surface area contributed by atoms with Crippen LogP contribution in [0.1, 0.15) is 5.01 Å². The average Bonchev–Trinajstić information content (AvgIpc) is 3.18. The second kappa shape index (κ2) is 8.71. The maximum atomic E-state index is 9.50. The van der Waals surface area contributed by atoms with Gasteiger partial charge in [-0.25, -0.2) is 4.98 Å². The number of hydrogen-bond acceptors (Lipinski definition) is 6. The summed E-state index contributed by atoms with van der Waals surface area (Å²) < 4.78 is 11.6. The van der Waals surface area contributed by atoms with Gasteiger partial charge >= 0.3 is 0 Å². The van der Waals surface area contributed by atoms with Gasteiger partial charge in [0, 0.05) is 27.3 Å². The molecule has 0 aliphatic carbocycles. The van der Waals surface area contributed by atoms with Gasteiger partial charge in [0.05, 0.1) is 19.9 Å². The second-order valence-electron chi connectivity index (χ2n) is 5.43. The molecule has 0 aliphatic rings. The minimum Gasteiger partial charge on any atom is -0.493 e. The predicted octanol–water partition coefficient (Wildman–Crippen LogP) is 5.57. The number of nitriles is 1. The number of methoxy groups -OCH3 is 2. The number of benzene rings is 2. The van der Waals surface area contributed by atoms with Gasteiger partial charge < -0.3 is 14.8 Å². The maximum absolute atomic E-state index is 9.50. The number of nitrogens with one attached hydrogen (secondary N) is 1. The predicted molar refractivity (Wildman–Crippen MR) is 112 cm³/mol. The molecule has 0 unspecified atom stereocenters. The van der Waals surface area contributed by atoms with Crippen LogP contribution in [0.2, 0.25) is 0 Å². The Morgan fingerprint density at radius 2 is 2.00 bits per heavy atom. The number of thiazole rings is 1.